The lowest BCUT2D eigenvalue weighted by atomic mass is 10.1. The monoisotopic (exact) mass is 423 g/mol. The molecule has 0 saturated heterocycles. The van der Waals surface area contributed by atoms with Crippen molar-refractivity contribution in [2.45, 2.75) is 25.4 Å². The fourth-order valence-corrected chi connectivity index (χ4v) is 3.01. The number of nitrogens with zero attached hydrogens (tertiary/aromatic N) is 1. The molecule has 2 aromatic rings. The van der Waals surface area contributed by atoms with Crippen molar-refractivity contribution in [2.24, 2.45) is 0 Å². The SMILES string of the molecule is COC(=O)c1ccc(/C=C/C(=O)OCC(=O)N(Cc2ccc(OC)cc2)C2CC2)cc1. The molecule has 2 aromatic carbocycles. The summed E-state index contributed by atoms with van der Waals surface area (Å²) in [6, 6.07) is 14.3. The molecule has 1 fully saturated rings. The molecule has 0 aliphatic heterocycles. The summed E-state index contributed by atoms with van der Waals surface area (Å²) in [6.45, 7) is 0.157. The molecule has 0 N–H and O–H groups in total. The van der Waals surface area contributed by atoms with Gasteiger partial charge in [-0.3, -0.25) is 4.79 Å². The third-order valence-electron chi connectivity index (χ3n) is 4.90. The number of hydrogen-bond donors (Lipinski definition) is 0. The van der Waals surface area contributed by atoms with Crippen molar-refractivity contribution < 1.29 is 28.6 Å². The largest absolute Gasteiger partial charge is 0.497 e. The Hall–Kier alpha value is -3.61. The predicted octanol–water partition coefficient (Wildman–Crippen LogP) is 3.23. The maximum absolute atomic E-state index is 12.6. The molecule has 1 aliphatic carbocycles. The van der Waals surface area contributed by atoms with Gasteiger partial charge in [0.2, 0.25) is 0 Å². The van der Waals surface area contributed by atoms with Crippen molar-refractivity contribution in [3.8, 4) is 5.75 Å². The van der Waals surface area contributed by atoms with Gasteiger partial charge in [0.1, 0.15) is 5.75 Å². The summed E-state index contributed by atoms with van der Waals surface area (Å²) in [5.74, 6) is -0.495. The van der Waals surface area contributed by atoms with Crippen molar-refractivity contribution in [3.63, 3.8) is 0 Å². The van der Waals surface area contributed by atoms with Crippen molar-refractivity contribution in [1.29, 1.82) is 0 Å². The van der Waals surface area contributed by atoms with Gasteiger partial charge in [-0.15, -0.1) is 0 Å². The van der Waals surface area contributed by atoms with Crippen LogP contribution in [0.1, 0.15) is 34.3 Å². The predicted molar refractivity (Wildman–Crippen MR) is 114 cm³/mol. The summed E-state index contributed by atoms with van der Waals surface area (Å²) in [5, 5.41) is 0. The third-order valence-corrected chi connectivity index (χ3v) is 4.90. The Morgan fingerprint density at radius 3 is 2.26 bits per heavy atom. The molecule has 3 rings (SSSR count). The summed E-state index contributed by atoms with van der Waals surface area (Å²) in [7, 11) is 2.92. The molecule has 0 radical (unpaired) electrons. The van der Waals surface area contributed by atoms with Crippen molar-refractivity contribution >= 4 is 23.9 Å². The Kier molecular flexibility index (Phi) is 7.43. The van der Waals surface area contributed by atoms with E-state index in [4.69, 9.17) is 9.47 Å². The van der Waals surface area contributed by atoms with Gasteiger partial charge >= 0.3 is 11.9 Å². The van der Waals surface area contributed by atoms with Crippen LogP contribution in [-0.4, -0.2) is 49.6 Å². The van der Waals surface area contributed by atoms with E-state index in [0.29, 0.717) is 12.1 Å². The highest BCUT2D eigenvalue weighted by Crippen LogP contribution is 2.28. The van der Waals surface area contributed by atoms with Crippen molar-refractivity contribution in [2.75, 3.05) is 20.8 Å². The molecule has 0 heterocycles. The number of benzene rings is 2. The zero-order valence-electron chi connectivity index (χ0n) is 17.6. The minimum absolute atomic E-state index is 0.192. The van der Waals surface area contributed by atoms with E-state index in [9.17, 15) is 14.4 Å². The van der Waals surface area contributed by atoms with Gasteiger partial charge in [0.15, 0.2) is 6.61 Å². The number of carbonyl (C=O) groups excluding carboxylic acids is 3. The first kappa shape index (κ1) is 22.1. The van der Waals surface area contributed by atoms with Crippen LogP contribution in [0.25, 0.3) is 6.08 Å². The molecule has 7 heteroatoms. The van der Waals surface area contributed by atoms with Gasteiger partial charge in [-0.2, -0.15) is 0 Å². The van der Waals surface area contributed by atoms with Crippen LogP contribution in [0, 0.1) is 0 Å². The van der Waals surface area contributed by atoms with Gasteiger partial charge in [-0.05, 0) is 54.3 Å². The number of carbonyl (C=O) groups is 3. The number of rotatable bonds is 9. The minimum Gasteiger partial charge on any atom is -0.497 e. The lowest BCUT2D eigenvalue weighted by molar-refractivity contribution is -0.148. The maximum Gasteiger partial charge on any atom is 0.337 e. The third kappa shape index (κ3) is 6.44. The molecule has 0 bridgehead atoms. The molecule has 162 valence electrons. The van der Waals surface area contributed by atoms with Gasteiger partial charge in [0, 0.05) is 18.7 Å². The van der Waals surface area contributed by atoms with E-state index in [2.05, 4.69) is 4.74 Å². The molecular formula is C24H25NO6. The average molecular weight is 423 g/mol. The summed E-state index contributed by atoms with van der Waals surface area (Å²) < 4.78 is 14.9. The van der Waals surface area contributed by atoms with E-state index in [1.807, 2.05) is 24.3 Å². The Morgan fingerprint density at radius 2 is 1.68 bits per heavy atom. The first-order valence-electron chi connectivity index (χ1n) is 9.95. The number of esters is 2. The normalized spacial score (nSPS) is 13.0. The van der Waals surface area contributed by atoms with Crippen LogP contribution < -0.4 is 4.74 Å². The zero-order chi connectivity index (χ0) is 22.2. The van der Waals surface area contributed by atoms with E-state index in [1.54, 1.807) is 42.4 Å². The minimum atomic E-state index is -0.606. The van der Waals surface area contributed by atoms with Crippen LogP contribution in [0.5, 0.6) is 5.75 Å². The zero-order valence-corrected chi connectivity index (χ0v) is 17.6. The van der Waals surface area contributed by atoms with Crippen LogP contribution in [0.2, 0.25) is 0 Å². The number of hydrogen-bond acceptors (Lipinski definition) is 6. The molecule has 31 heavy (non-hydrogen) atoms. The molecule has 7 nitrogen and oxygen atoms in total. The number of ether oxygens (including phenoxy) is 3. The van der Waals surface area contributed by atoms with Gasteiger partial charge in [0.05, 0.1) is 19.8 Å². The Labute approximate surface area is 181 Å². The van der Waals surface area contributed by atoms with Gasteiger partial charge in [-0.1, -0.05) is 24.3 Å². The van der Waals surface area contributed by atoms with E-state index in [0.717, 1.165) is 29.7 Å². The quantitative estimate of drug-likeness (QED) is 0.455. The van der Waals surface area contributed by atoms with Crippen molar-refractivity contribution in [3.05, 3.63) is 71.3 Å². The first-order valence-corrected chi connectivity index (χ1v) is 9.95. The van der Waals surface area contributed by atoms with Crippen LogP contribution in [0.3, 0.4) is 0 Å². The van der Waals surface area contributed by atoms with Crippen LogP contribution in [0.15, 0.2) is 54.6 Å². The summed E-state index contributed by atoms with van der Waals surface area (Å²) >= 11 is 0. The second kappa shape index (κ2) is 10.4. The van der Waals surface area contributed by atoms with Gasteiger partial charge < -0.3 is 19.1 Å². The molecule has 0 atom stereocenters. The van der Waals surface area contributed by atoms with Crippen LogP contribution in [-0.2, 0) is 25.6 Å². The van der Waals surface area contributed by atoms with Crippen LogP contribution >= 0.6 is 0 Å². The first-order chi connectivity index (χ1) is 15.0. The summed E-state index contributed by atoms with van der Waals surface area (Å²) in [6.07, 6.45) is 4.73. The molecule has 0 spiro atoms. The smallest absolute Gasteiger partial charge is 0.337 e. The molecule has 0 aromatic heterocycles. The standard InChI is InChI=1S/C24H25NO6/c1-29-21-12-5-18(6-13-21)15-25(20-10-11-20)22(26)16-31-23(27)14-7-17-3-8-19(9-4-17)24(28)30-2/h3-9,12-14,20H,10-11,15-16H2,1-2H3/b14-7+. The van der Waals surface area contributed by atoms with E-state index >= 15 is 0 Å². The topological polar surface area (TPSA) is 82.1 Å². The van der Waals surface area contributed by atoms with E-state index in [-0.39, 0.29) is 18.6 Å². The van der Waals surface area contributed by atoms with E-state index in [1.165, 1.54) is 13.2 Å². The molecule has 1 saturated carbocycles. The molecule has 1 aliphatic rings. The second-order valence-corrected chi connectivity index (χ2v) is 7.16. The van der Waals surface area contributed by atoms with E-state index < -0.39 is 11.9 Å². The van der Waals surface area contributed by atoms with Crippen LogP contribution in [0.4, 0.5) is 0 Å². The lowest BCUT2D eigenvalue weighted by Crippen LogP contribution is -2.35. The average Bonchev–Trinajstić information content (AvgIpc) is 3.65. The molecular weight excluding hydrogens is 398 g/mol. The van der Waals surface area contributed by atoms with Crippen molar-refractivity contribution in [1.82, 2.24) is 4.90 Å². The van der Waals surface area contributed by atoms with Gasteiger partial charge in [0.25, 0.3) is 5.91 Å². The number of amides is 1. The Bertz CT molecular complexity index is 945. The highest BCUT2D eigenvalue weighted by molar-refractivity contribution is 5.91. The maximum atomic E-state index is 12.6. The highest BCUT2D eigenvalue weighted by Gasteiger charge is 2.32. The molecule has 1 amide bonds. The highest BCUT2D eigenvalue weighted by atomic mass is 16.5. The fraction of sp³-hybridized carbons (Fsp3) is 0.292. The van der Waals surface area contributed by atoms with Gasteiger partial charge in [-0.25, -0.2) is 9.59 Å². The Balaban J connectivity index is 1.51. The summed E-state index contributed by atoms with van der Waals surface area (Å²) in [5.41, 5.74) is 2.13. The molecule has 0 unspecified atom stereocenters. The number of methoxy groups -OCH3 is 2. The Morgan fingerprint density at radius 1 is 1.00 bits per heavy atom. The second-order valence-electron chi connectivity index (χ2n) is 7.16. The lowest BCUT2D eigenvalue weighted by Gasteiger charge is -2.22. The summed E-state index contributed by atoms with van der Waals surface area (Å²) in [4.78, 5) is 37.8. The fourth-order valence-electron chi connectivity index (χ4n) is 3.01.